The third-order valence-corrected chi connectivity index (χ3v) is 5.05. The first-order valence-electron chi connectivity index (χ1n) is 8.59. The molecule has 0 radical (unpaired) electrons. The molecule has 0 bridgehead atoms. The average Bonchev–Trinajstić information content (AvgIpc) is 2.61. The molecule has 1 heterocycles. The van der Waals surface area contributed by atoms with Crippen LogP contribution in [0.1, 0.15) is 39.9 Å². The maximum absolute atomic E-state index is 12.7. The third kappa shape index (κ3) is 3.51. The molecule has 3 nitrogen and oxygen atoms in total. The van der Waals surface area contributed by atoms with E-state index in [4.69, 9.17) is 4.74 Å². The van der Waals surface area contributed by atoms with E-state index in [0.717, 1.165) is 37.2 Å². The van der Waals surface area contributed by atoms with E-state index in [2.05, 4.69) is 35.6 Å². The summed E-state index contributed by atoms with van der Waals surface area (Å²) in [7, 11) is 0. The minimum atomic E-state index is -0.0340. The normalized spacial score (nSPS) is 16.6. The first-order valence-corrected chi connectivity index (χ1v) is 8.59. The molecule has 1 N–H and O–H groups in total. The summed E-state index contributed by atoms with van der Waals surface area (Å²) in [6.45, 7) is 6.17. The van der Waals surface area contributed by atoms with Crippen molar-refractivity contribution < 1.29 is 9.53 Å². The highest BCUT2D eigenvalue weighted by molar-refractivity contribution is 5.95. The minimum absolute atomic E-state index is 0.00861. The van der Waals surface area contributed by atoms with Gasteiger partial charge in [-0.2, -0.15) is 0 Å². The zero-order valence-corrected chi connectivity index (χ0v) is 14.5. The topological polar surface area (TPSA) is 38.3 Å². The molecule has 1 amide bonds. The quantitative estimate of drug-likeness (QED) is 0.930. The van der Waals surface area contributed by atoms with Gasteiger partial charge in [-0.1, -0.05) is 48.0 Å². The number of hydrogen-bond donors (Lipinski definition) is 1. The van der Waals surface area contributed by atoms with E-state index in [-0.39, 0.29) is 11.3 Å². The zero-order valence-electron chi connectivity index (χ0n) is 14.5. The molecular weight excluding hydrogens is 298 g/mol. The number of ether oxygens (including phenoxy) is 1. The fourth-order valence-electron chi connectivity index (χ4n) is 3.53. The second-order valence-electron chi connectivity index (χ2n) is 6.76. The number of benzene rings is 2. The number of amides is 1. The van der Waals surface area contributed by atoms with E-state index in [1.54, 1.807) is 0 Å². The molecule has 1 aliphatic rings. The molecule has 0 aliphatic carbocycles. The van der Waals surface area contributed by atoms with Crippen LogP contribution in [0.5, 0.6) is 0 Å². The molecule has 1 aliphatic heterocycles. The summed E-state index contributed by atoms with van der Waals surface area (Å²) in [4.78, 5) is 12.7. The number of nitrogens with one attached hydrogen (secondary N) is 1. The van der Waals surface area contributed by atoms with Crippen LogP contribution in [0.4, 0.5) is 0 Å². The standard InChI is InChI=1S/C21H25NO2/c1-16-8-9-19(17(2)14-16)20(23)22-15-21(10-12-24-13-11-21)18-6-4-3-5-7-18/h3-9,14H,10-13,15H2,1-2H3,(H,22,23). The molecule has 126 valence electrons. The zero-order chi connectivity index (χ0) is 17.0. The highest BCUT2D eigenvalue weighted by atomic mass is 16.5. The monoisotopic (exact) mass is 323 g/mol. The molecule has 0 spiro atoms. The number of hydrogen-bond acceptors (Lipinski definition) is 2. The summed E-state index contributed by atoms with van der Waals surface area (Å²) in [5, 5.41) is 3.17. The lowest BCUT2D eigenvalue weighted by molar-refractivity contribution is 0.0487. The summed E-state index contributed by atoms with van der Waals surface area (Å²) < 4.78 is 5.56. The van der Waals surface area contributed by atoms with Crippen LogP contribution in [-0.4, -0.2) is 25.7 Å². The molecule has 2 aromatic carbocycles. The summed E-state index contributed by atoms with van der Waals surface area (Å²) in [6, 6.07) is 16.4. The van der Waals surface area contributed by atoms with Gasteiger partial charge in [0.1, 0.15) is 0 Å². The van der Waals surface area contributed by atoms with Gasteiger partial charge in [-0.3, -0.25) is 4.79 Å². The van der Waals surface area contributed by atoms with Crippen molar-refractivity contribution in [3.8, 4) is 0 Å². The largest absolute Gasteiger partial charge is 0.381 e. The Morgan fingerprint density at radius 2 is 1.79 bits per heavy atom. The predicted molar refractivity (Wildman–Crippen MR) is 96.4 cm³/mol. The van der Waals surface area contributed by atoms with Crippen LogP contribution in [-0.2, 0) is 10.2 Å². The lowest BCUT2D eigenvalue weighted by Crippen LogP contribution is -2.44. The van der Waals surface area contributed by atoms with E-state index in [0.29, 0.717) is 6.54 Å². The number of carbonyl (C=O) groups excluding carboxylic acids is 1. The van der Waals surface area contributed by atoms with Crippen molar-refractivity contribution in [1.82, 2.24) is 5.32 Å². The highest BCUT2D eigenvalue weighted by Crippen LogP contribution is 2.34. The van der Waals surface area contributed by atoms with Gasteiger partial charge >= 0.3 is 0 Å². The van der Waals surface area contributed by atoms with Crippen LogP contribution >= 0.6 is 0 Å². The number of rotatable bonds is 4. The molecule has 2 aromatic rings. The molecule has 0 aromatic heterocycles. The number of carbonyl (C=O) groups is 1. The van der Waals surface area contributed by atoms with Gasteiger partial charge in [0.05, 0.1) is 0 Å². The Balaban J connectivity index is 1.78. The van der Waals surface area contributed by atoms with Crippen molar-refractivity contribution in [1.29, 1.82) is 0 Å². The average molecular weight is 323 g/mol. The molecule has 0 saturated carbocycles. The van der Waals surface area contributed by atoms with Gasteiger partial charge in [0, 0.05) is 30.7 Å². The van der Waals surface area contributed by atoms with Gasteiger partial charge in [0.2, 0.25) is 0 Å². The van der Waals surface area contributed by atoms with Crippen LogP contribution in [0.15, 0.2) is 48.5 Å². The van der Waals surface area contributed by atoms with Crippen LogP contribution in [0.2, 0.25) is 0 Å². The second kappa shape index (κ2) is 7.18. The predicted octanol–water partition coefficient (Wildman–Crippen LogP) is 3.78. The molecule has 3 heteroatoms. The summed E-state index contributed by atoms with van der Waals surface area (Å²) >= 11 is 0. The molecule has 0 atom stereocenters. The summed E-state index contributed by atoms with van der Waals surface area (Å²) in [5.41, 5.74) is 4.21. The molecule has 24 heavy (non-hydrogen) atoms. The maximum atomic E-state index is 12.7. The van der Waals surface area contributed by atoms with Crippen molar-refractivity contribution in [3.63, 3.8) is 0 Å². The number of aryl methyl sites for hydroxylation is 2. The molecule has 0 unspecified atom stereocenters. The Kier molecular flexibility index (Phi) is 5.00. The maximum Gasteiger partial charge on any atom is 0.251 e. The SMILES string of the molecule is Cc1ccc(C(=O)NCC2(c3ccccc3)CCOCC2)c(C)c1. The Bertz CT molecular complexity index is 703. The first kappa shape index (κ1) is 16.7. The van der Waals surface area contributed by atoms with Crippen molar-refractivity contribution in [2.75, 3.05) is 19.8 Å². The first-order chi connectivity index (χ1) is 11.6. The molecular formula is C21H25NO2. The second-order valence-corrected chi connectivity index (χ2v) is 6.76. The molecule has 1 fully saturated rings. The highest BCUT2D eigenvalue weighted by Gasteiger charge is 2.34. The molecule has 1 saturated heterocycles. The van der Waals surface area contributed by atoms with Crippen molar-refractivity contribution >= 4 is 5.91 Å². The van der Waals surface area contributed by atoms with E-state index < -0.39 is 0 Å². The third-order valence-electron chi connectivity index (χ3n) is 5.05. The van der Waals surface area contributed by atoms with Crippen LogP contribution in [0, 0.1) is 13.8 Å². The lowest BCUT2D eigenvalue weighted by Gasteiger charge is -2.38. The van der Waals surface area contributed by atoms with E-state index in [1.165, 1.54) is 11.1 Å². The van der Waals surface area contributed by atoms with Gasteiger partial charge in [0.25, 0.3) is 5.91 Å². The van der Waals surface area contributed by atoms with Crippen LogP contribution < -0.4 is 5.32 Å². The summed E-state index contributed by atoms with van der Waals surface area (Å²) in [6.07, 6.45) is 1.87. The Morgan fingerprint density at radius 1 is 1.08 bits per heavy atom. The van der Waals surface area contributed by atoms with Gasteiger partial charge in [-0.05, 0) is 43.9 Å². The van der Waals surface area contributed by atoms with Crippen molar-refractivity contribution in [3.05, 3.63) is 70.8 Å². The smallest absolute Gasteiger partial charge is 0.251 e. The fourth-order valence-corrected chi connectivity index (χ4v) is 3.53. The van der Waals surface area contributed by atoms with Gasteiger partial charge < -0.3 is 10.1 Å². The molecule has 3 rings (SSSR count). The Hall–Kier alpha value is -2.13. The fraction of sp³-hybridized carbons (Fsp3) is 0.381. The lowest BCUT2D eigenvalue weighted by atomic mass is 9.74. The summed E-state index contributed by atoms with van der Waals surface area (Å²) in [5.74, 6) is 0.00861. The van der Waals surface area contributed by atoms with Gasteiger partial charge in [-0.15, -0.1) is 0 Å². The van der Waals surface area contributed by atoms with Crippen LogP contribution in [0.25, 0.3) is 0 Å². The van der Waals surface area contributed by atoms with E-state index in [9.17, 15) is 4.79 Å². The van der Waals surface area contributed by atoms with Gasteiger partial charge in [0.15, 0.2) is 0 Å². The Labute approximate surface area is 144 Å². The van der Waals surface area contributed by atoms with Crippen molar-refractivity contribution in [2.24, 2.45) is 0 Å². The van der Waals surface area contributed by atoms with Crippen LogP contribution in [0.3, 0.4) is 0 Å². The Morgan fingerprint density at radius 3 is 2.46 bits per heavy atom. The van der Waals surface area contributed by atoms with Crippen molar-refractivity contribution in [2.45, 2.75) is 32.1 Å². The van der Waals surface area contributed by atoms with E-state index >= 15 is 0 Å². The van der Waals surface area contributed by atoms with E-state index in [1.807, 2.05) is 32.0 Å². The minimum Gasteiger partial charge on any atom is -0.381 e. The van der Waals surface area contributed by atoms with Gasteiger partial charge in [-0.25, -0.2) is 0 Å².